The topological polar surface area (TPSA) is 37.8 Å². The third kappa shape index (κ3) is 1.78. The number of aryl methyl sites for hydroxylation is 1. The lowest BCUT2D eigenvalue weighted by atomic mass is 10.4. The summed E-state index contributed by atoms with van der Waals surface area (Å²) in [4.78, 5) is 9.89. The van der Waals surface area contributed by atoms with E-state index in [1.54, 1.807) is 22.7 Å². The molecule has 0 aliphatic rings. The van der Waals surface area contributed by atoms with E-state index in [1.807, 2.05) is 13.2 Å². The quantitative estimate of drug-likeness (QED) is 0.872. The summed E-state index contributed by atoms with van der Waals surface area (Å²) < 4.78 is 0. The summed E-state index contributed by atoms with van der Waals surface area (Å²) in [5.41, 5.74) is 1.02. The zero-order valence-corrected chi connectivity index (χ0v) is 9.71. The van der Waals surface area contributed by atoms with Crippen LogP contribution < -0.4 is 5.32 Å². The predicted molar refractivity (Wildman–Crippen MR) is 62.1 cm³/mol. The molecular weight excluding hydrogens is 214 g/mol. The van der Waals surface area contributed by atoms with E-state index in [1.165, 1.54) is 5.01 Å². The van der Waals surface area contributed by atoms with Crippen LogP contribution in [0.5, 0.6) is 0 Å². The Morgan fingerprint density at radius 3 is 2.93 bits per heavy atom. The fraction of sp³-hybridized carbons (Fsp3) is 0.333. The summed E-state index contributed by atoms with van der Waals surface area (Å²) in [7, 11) is 1.88. The van der Waals surface area contributed by atoms with Gasteiger partial charge in [0.15, 0.2) is 5.13 Å². The summed E-state index contributed by atoms with van der Waals surface area (Å²) in [6, 6.07) is 0. The van der Waals surface area contributed by atoms with E-state index >= 15 is 0 Å². The minimum atomic E-state index is 0.950. The van der Waals surface area contributed by atoms with Crippen molar-refractivity contribution in [1.82, 2.24) is 9.97 Å². The van der Waals surface area contributed by atoms with Crippen molar-refractivity contribution in [2.24, 2.45) is 0 Å². The number of rotatable bonds is 3. The highest BCUT2D eigenvalue weighted by molar-refractivity contribution is 7.16. The molecule has 0 saturated carbocycles. The summed E-state index contributed by atoms with van der Waals surface area (Å²) in [5.74, 6) is 0. The lowest BCUT2D eigenvalue weighted by Gasteiger charge is -1.88. The van der Waals surface area contributed by atoms with Gasteiger partial charge in [-0.2, -0.15) is 0 Å². The highest BCUT2D eigenvalue weighted by atomic mass is 32.1. The van der Waals surface area contributed by atoms with Crippen LogP contribution in [0.1, 0.15) is 11.9 Å². The maximum Gasteiger partial charge on any atom is 0.182 e. The van der Waals surface area contributed by atoms with E-state index in [0.29, 0.717) is 0 Å². The Hall–Kier alpha value is -0.940. The van der Waals surface area contributed by atoms with E-state index in [0.717, 1.165) is 22.1 Å². The first kappa shape index (κ1) is 9.61. The zero-order valence-electron chi connectivity index (χ0n) is 8.07. The van der Waals surface area contributed by atoms with Crippen LogP contribution >= 0.6 is 22.7 Å². The Balaban J connectivity index is 2.29. The molecule has 0 bridgehead atoms. The number of aromatic nitrogens is 2. The fourth-order valence-corrected chi connectivity index (χ4v) is 2.66. The number of thiazole rings is 2. The van der Waals surface area contributed by atoms with Crippen molar-refractivity contribution in [1.29, 1.82) is 0 Å². The van der Waals surface area contributed by atoms with Gasteiger partial charge in [0.05, 0.1) is 15.6 Å². The summed E-state index contributed by atoms with van der Waals surface area (Å²) in [6.07, 6.45) is 2.89. The first-order chi connectivity index (χ1) is 6.83. The summed E-state index contributed by atoms with van der Waals surface area (Å²) >= 11 is 3.33. The van der Waals surface area contributed by atoms with Crippen LogP contribution in [0.15, 0.2) is 11.6 Å². The Morgan fingerprint density at radius 1 is 1.50 bits per heavy atom. The van der Waals surface area contributed by atoms with E-state index in [9.17, 15) is 0 Å². The van der Waals surface area contributed by atoms with Crippen molar-refractivity contribution in [3.63, 3.8) is 0 Å². The SMILES string of the molecule is CCc1ncc(-c2csc(NC)n2)s1. The first-order valence-electron chi connectivity index (χ1n) is 4.42. The van der Waals surface area contributed by atoms with E-state index in [-0.39, 0.29) is 0 Å². The Labute approximate surface area is 90.9 Å². The molecule has 14 heavy (non-hydrogen) atoms. The van der Waals surface area contributed by atoms with Gasteiger partial charge in [0.1, 0.15) is 0 Å². The second kappa shape index (κ2) is 4.06. The van der Waals surface area contributed by atoms with Crippen LogP contribution in [0.4, 0.5) is 5.13 Å². The van der Waals surface area contributed by atoms with Gasteiger partial charge in [-0.25, -0.2) is 9.97 Å². The van der Waals surface area contributed by atoms with Crippen LogP contribution in [0.25, 0.3) is 10.6 Å². The predicted octanol–water partition coefficient (Wildman–Crippen LogP) is 2.87. The summed E-state index contributed by atoms with van der Waals surface area (Å²) in [5, 5.41) is 7.20. The maximum atomic E-state index is 4.42. The number of anilines is 1. The van der Waals surface area contributed by atoms with Gasteiger partial charge in [-0.1, -0.05) is 6.92 Å². The summed E-state index contributed by atoms with van der Waals surface area (Å²) in [6.45, 7) is 2.11. The van der Waals surface area contributed by atoms with Crippen molar-refractivity contribution in [3.05, 3.63) is 16.6 Å². The van der Waals surface area contributed by atoms with Gasteiger partial charge >= 0.3 is 0 Å². The largest absolute Gasteiger partial charge is 0.365 e. The molecule has 1 N–H and O–H groups in total. The van der Waals surface area contributed by atoms with Gasteiger partial charge in [0.25, 0.3) is 0 Å². The molecule has 0 aromatic carbocycles. The third-order valence-electron chi connectivity index (χ3n) is 1.83. The molecule has 0 radical (unpaired) electrons. The van der Waals surface area contributed by atoms with Crippen LogP contribution in [-0.4, -0.2) is 17.0 Å². The molecule has 3 nitrogen and oxygen atoms in total. The van der Waals surface area contributed by atoms with Crippen molar-refractivity contribution in [2.45, 2.75) is 13.3 Å². The maximum absolute atomic E-state index is 4.42. The average Bonchev–Trinajstić information content (AvgIpc) is 2.86. The van der Waals surface area contributed by atoms with Gasteiger partial charge in [-0.3, -0.25) is 0 Å². The second-order valence-electron chi connectivity index (χ2n) is 2.76. The Kier molecular flexibility index (Phi) is 2.79. The smallest absolute Gasteiger partial charge is 0.182 e. The van der Waals surface area contributed by atoms with E-state index < -0.39 is 0 Å². The lowest BCUT2D eigenvalue weighted by Crippen LogP contribution is -1.84. The molecule has 5 heteroatoms. The monoisotopic (exact) mass is 225 g/mol. The molecule has 0 aliphatic carbocycles. The second-order valence-corrected chi connectivity index (χ2v) is 4.73. The molecule has 2 rings (SSSR count). The molecule has 74 valence electrons. The lowest BCUT2D eigenvalue weighted by molar-refractivity contribution is 1.09. The van der Waals surface area contributed by atoms with Crippen LogP contribution in [0.3, 0.4) is 0 Å². The molecule has 0 spiro atoms. The highest BCUT2D eigenvalue weighted by Crippen LogP contribution is 2.29. The van der Waals surface area contributed by atoms with Gasteiger partial charge in [0, 0.05) is 18.6 Å². The molecule has 2 heterocycles. The normalized spacial score (nSPS) is 10.4. The first-order valence-corrected chi connectivity index (χ1v) is 6.11. The molecule has 0 unspecified atom stereocenters. The van der Waals surface area contributed by atoms with Crippen LogP contribution in [-0.2, 0) is 6.42 Å². The average molecular weight is 225 g/mol. The van der Waals surface area contributed by atoms with Crippen molar-refractivity contribution in [2.75, 3.05) is 12.4 Å². The van der Waals surface area contributed by atoms with Crippen LogP contribution in [0, 0.1) is 0 Å². The minimum Gasteiger partial charge on any atom is -0.365 e. The molecular formula is C9H11N3S2. The van der Waals surface area contributed by atoms with E-state index in [4.69, 9.17) is 0 Å². The van der Waals surface area contributed by atoms with Gasteiger partial charge in [0.2, 0.25) is 0 Å². The standard InChI is InChI=1S/C9H11N3S2/c1-3-8-11-4-7(14-8)6-5-13-9(10-2)12-6/h4-5H,3H2,1-2H3,(H,10,12). The van der Waals surface area contributed by atoms with E-state index in [2.05, 4.69) is 27.6 Å². The van der Waals surface area contributed by atoms with Gasteiger partial charge in [-0.15, -0.1) is 22.7 Å². The van der Waals surface area contributed by atoms with Crippen LogP contribution in [0.2, 0.25) is 0 Å². The van der Waals surface area contributed by atoms with Crippen molar-refractivity contribution < 1.29 is 0 Å². The Morgan fingerprint density at radius 2 is 2.36 bits per heavy atom. The molecule has 0 amide bonds. The zero-order chi connectivity index (χ0) is 9.97. The number of hydrogen-bond donors (Lipinski definition) is 1. The molecule has 0 aliphatic heterocycles. The van der Waals surface area contributed by atoms with Crippen molar-refractivity contribution in [3.8, 4) is 10.6 Å². The number of hydrogen-bond acceptors (Lipinski definition) is 5. The van der Waals surface area contributed by atoms with Crippen molar-refractivity contribution >= 4 is 27.8 Å². The molecule has 2 aromatic heterocycles. The molecule has 0 fully saturated rings. The van der Waals surface area contributed by atoms with Gasteiger partial charge in [-0.05, 0) is 6.42 Å². The number of nitrogens with one attached hydrogen (secondary N) is 1. The highest BCUT2D eigenvalue weighted by Gasteiger charge is 2.06. The molecule has 2 aromatic rings. The van der Waals surface area contributed by atoms with Gasteiger partial charge < -0.3 is 5.32 Å². The minimum absolute atomic E-state index is 0.950. The Bertz CT molecular complexity index is 379. The molecule has 0 saturated heterocycles. The number of nitrogens with zero attached hydrogens (tertiary/aromatic N) is 2. The fourth-order valence-electron chi connectivity index (χ4n) is 1.09. The molecule has 0 atom stereocenters. The third-order valence-corrected chi connectivity index (χ3v) is 3.85.